The number of fused-ring (bicyclic) bond motifs is 1. The smallest absolute Gasteiger partial charge is 0.294 e. The lowest BCUT2D eigenvalue weighted by molar-refractivity contribution is 0.471. The van der Waals surface area contributed by atoms with Crippen molar-refractivity contribution in [3.05, 3.63) is 54.6 Å². The summed E-state index contributed by atoms with van der Waals surface area (Å²) in [6, 6.07) is 14.1. The van der Waals surface area contributed by atoms with Crippen molar-refractivity contribution in [3.8, 4) is 5.75 Å². The number of nitrogen functional groups attached to an aromatic ring is 1. The quantitative estimate of drug-likeness (QED) is 0.379. The van der Waals surface area contributed by atoms with Crippen molar-refractivity contribution in [1.29, 1.82) is 0 Å². The minimum absolute atomic E-state index is 0.206. The zero-order valence-corrected chi connectivity index (χ0v) is 13.1. The fraction of sp³-hybridized carbons (Fsp3) is 0. The average molecular weight is 343 g/mol. The van der Waals surface area contributed by atoms with Gasteiger partial charge in [0.05, 0.1) is 16.3 Å². The van der Waals surface area contributed by atoms with Crippen molar-refractivity contribution in [2.24, 2.45) is 10.2 Å². The molecule has 0 unspecified atom stereocenters. The predicted molar refractivity (Wildman–Crippen MR) is 90.5 cm³/mol. The van der Waals surface area contributed by atoms with E-state index < -0.39 is 15.0 Å². The molecule has 7 nitrogen and oxygen atoms in total. The summed E-state index contributed by atoms with van der Waals surface area (Å²) in [5.74, 6) is -0.309. The molecule has 0 saturated heterocycles. The third-order valence-corrected chi connectivity index (χ3v) is 4.24. The Morgan fingerprint density at radius 3 is 2.29 bits per heavy atom. The zero-order chi connectivity index (χ0) is 17.3. The maximum absolute atomic E-state index is 11.4. The number of anilines is 1. The van der Waals surface area contributed by atoms with E-state index >= 15 is 0 Å². The van der Waals surface area contributed by atoms with Crippen LogP contribution in [-0.4, -0.2) is 18.1 Å². The number of hydrogen-bond donors (Lipinski definition) is 3. The molecule has 3 aromatic rings. The highest BCUT2D eigenvalue weighted by molar-refractivity contribution is 7.85. The molecule has 0 bridgehead atoms. The Bertz CT molecular complexity index is 1050. The van der Waals surface area contributed by atoms with E-state index in [9.17, 15) is 18.1 Å². The molecule has 0 radical (unpaired) electrons. The fourth-order valence-corrected chi connectivity index (χ4v) is 2.78. The van der Waals surface area contributed by atoms with E-state index in [-0.39, 0.29) is 22.5 Å². The van der Waals surface area contributed by atoms with Gasteiger partial charge in [0.25, 0.3) is 10.1 Å². The van der Waals surface area contributed by atoms with E-state index in [0.29, 0.717) is 11.1 Å². The molecule has 122 valence electrons. The average Bonchev–Trinajstić information content (AvgIpc) is 2.54. The van der Waals surface area contributed by atoms with Crippen molar-refractivity contribution in [3.63, 3.8) is 0 Å². The normalized spacial score (nSPS) is 12.0. The summed E-state index contributed by atoms with van der Waals surface area (Å²) in [6.45, 7) is 0. The molecule has 0 saturated carbocycles. The lowest BCUT2D eigenvalue weighted by Gasteiger charge is -2.08. The van der Waals surface area contributed by atoms with E-state index in [1.807, 2.05) is 6.07 Å². The molecule has 0 spiro atoms. The third-order valence-electron chi connectivity index (χ3n) is 3.41. The Morgan fingerprint density at radius 2 is 1.62 bits per heavy atom. The molecule has 4 N–H and O–H groups in total. The van der Waals surface area contributed by atoms with Crippen LogP contribution in [-0.2, 0) is 10.1 Å². The van der Waals surface area contributed by atoms with Crippen molar-refractivity contribution < 1.29 is 18.1 Å². The summed E-state index contributed by atoms with van der Waals surface area (Å²) in [5, 5.41) is 18.8. The summed E-state index contributed by atoms with van der Waals surface area (Å²) in [5.41, 5.74) is 6.96. The highest BCUT2D eigenvalue weighted by Gasteiger charge is 2.16. The van der Waals surface area contributed by atoms with Crippen LogP contribution in [0.3, 0.4) is 0 Å². The number of benzene rings is 3. The lowest BCUT2D eigenvalue weighted by atomic mass is 10.1. The number of phenols is 1. The number of nitrogens with two attached hydrogens (primary N) is 1. The van der Waals surface area contributed by atoms with Gasteiger partial charge in [-0.1, -0.05) is 18.2 Å². The molecule has 0 atom stereocenters. The molecule has 0 heterocycles. The Balaban J connectivity index is 2.24. The van der Waals surface area contributed by atoms with Crippen LogP contribution in [0.2, 0.25) is 0 Å². The highest BCUT2D eigenvalue weighted by Crippen LogP contribution is 2.38. The summed E-state index contributed by atoms with van der Waals surface area (Å²) in [6.07, 6.45) is 0. The van der Waals surface area contributed by atoms with Crippen molar-refractivity contribution in [2.75, 3.05) is 5.73 Å². The standard InChI is InChI=1S/C16H13N3O4S/c17-14-7-6-12-13(8-11(9-15(12)20)24(21,22)23)16(14)19-18-10-4-2-1-3-5-10/h1-9,20H,17H2,(H,21,22,23)/b19-18+. The van der Waals surface area contributed by atoms with Gasteiger partial charge in [-0.3, -0.25) is 4.55 Å². The SMILES string of the molecule is Nc1ccc2c(O)cc(S(=O)(=O)O)cc2c1/N=N/c1ccccc1. The summed E-state index contributed by atoms with van der Waals surface area (Å²) >= 11 is 0. The van der Waals surface area contributed by atoms with Gasteiger partial charge in [0, 0.05) is 16.8 Å². The van der Waals surface area contributed by atoms with E-state index in [0.717, 1.165) is 6.07 Å². The van der Waals surface area contributed by atoms with Gasteiger partial charge >= 0.3 is 0 Å². The first-order chi connectivity index (χ1) is 11.4. The zero-order valence-electron chi connectivity index (χ0n) is 12.3. The second kappa shape index (κ2) is 5.91. The predicted octanol–water partition coefficient (Wildman–Crippen LogP) is 3.79. The van der Waals surface area contributed by atoms with Crippen molar-refractivity contribution >= 4 is 38.0 Å². The monoisotopic (exact) mass is 343 g/mol. The van der Waals surface area contributed by atoms with Crippen LogP contribution < -0.4 is 5.73 Å². The minimum atomic E-state index is -4.49. The van der Waals surface area contributed by atoms with Gasteiger partial charge in [0.1, 0.15) is 11.4 Å². The molecule has 3 aromatic carbocycles. The second-order valence-corrected chi connectivity index (χ2v) is 6.47. The maximum atomic E-state index is 11.4. The molecule has 0 fully saturated rings. The van der Waals surface area contributed by atoms with Crippen LogP contribution in [0.1, 0.15) is 0 Å². The Kier molecular flexibility index (Phi) is 3.92. The first-order valence-electron chi connectivity index (χ1n) is 6.86. The van der Waals surface area contributed by atoms with Crippen LogP contribution in [0, 0.1) is 0 Å². The number of nitrogens with zero attached hydrogens (tertiary/aromatic N) is 2. The van der Waals surface area contributed by atoms with E-state index in [4.69, 9.17) is 5.73 Å². The van der Waals surface area contributed by atoms with Crippen LogP contribution >= 0.6 is 0 Å². The van der Waals surface area contributed by atoms with E-state index in [1.165, 1.54) is 18.2 Å². The molecular weight excluding hydrogens is 330 g/mol. The molecule has 3 rings (SSSR count). The third kappa shape index (κ3) is 3.05. The van der Waals surface area contributed by atoms with Gasteiger partial charge in [-0.15, -0.1) is 5.11 Å². The molecule has 0 aromatic heterocycles. The highest BCUT2D eigenvalue weighted by atomic mass is 32.2. The largest absolute Gasteiger partial charge is 0.507 e. The molecule has 8 heteroatoms. The Hall–Kier alpha value is -2.97. The van der Waals surface area contributed by atoms with Crippen LogP contribution in [0.25, 0.3) is 10.8 Å². The summed E-state index contributed by atoms with van der Waals surface area (Å²) in [7, 11) is -4.49. The molecule has 0 aliphatic heterocycles. The van der Waals surface area contributed by atoms with Crippen LogP contribution in [0.4, 0.5) is 17.1 Å². The van der Waals surface area contributed by atoms with Gasteiger partial charge in [-0.25, -0.2) is 0 Å². The van der Waals surface area contributed by atoms with Gasteiger partial charge in [-0.2, -0.15) is 13.5 Å². The minimum Gasteiger partial charge on any atom is -0.507 e. The first kappa shape index (κ1) is 15.9. The Labute approximate surface area is 137 Å². The van der Waals surface area contributed by atoms with Gasteiger partial charge in [0.2, 0.25) is 0 Å². The second-order valence-electron chi connectivity index (χ2n) is 5.05. The summed E-state index contributed by atoms with van der Waals surface area (Å²) < 4.78 is 31.9. The molecule has 0 aliphatic rings. The summed E-state index contributed by atoms with van der Waals surface area (Å²) in [4.78, 5) is -0.450. The number of azo groups is 1. The van der Waals surface area contributed by atoms with Crippen molar-refractivity contribution in [1.82, 2.24) is 0 Å². The van der Waals surface area contributed by atoms with E-state index in [2.05, 4.69) is 10.2 Å². The molecule has 24 heavy (non-hydrogen) atoms. The molecular formula is C16H13N3O4S. The van der Waals surface area contributed by atoms with Crippen LogP contribution in [0.5, 0.6) is 5.75 Å². The number of hydrogen-bond acceptors (Lipinski definition) is 6. The maximum Gasteiger partial charge on any atom is 0.294 e. The van der Waals surface area contributed by atoms with Gasteiger partial charge < -0.3 is 10.8 Å². The molecule has 0 aliphatic carbocycles. The number of rotatable bonds is 3. The van der Waals surface area contributed by atoms with Gasteiger partial charge in [-0.05, 0) is 30.3 Å². The fourth-order valence-electron chi connectivity index (χ4n) is 2.25. The Morgan fingerprint density at radius 1 is 0.917 bits per heavy atom. The topological polar surface area (TPSA) is 125 Å². The first-order valence-corrected chi connectivity index (χ1v) is 8.30. The van der Waals surface area contributed by atoms with Crippen molar-refractivity contribution in [2.45, 2.75) is 4.90 Å². The van der Waals surface area contributed by atoms with E-state index in [1.54, 1.807) is 24.3 Å². The molecule has 0 amide bonds. The van der Waals surface area contributed by atoms with Gasteiger partial charge in [0.15, 0.2) is 0 Å². The lowest BCUT2D eigenvalue weighted by Crippen LogP contribution is -1.98. The number of phenolic OH excluding ortho intramolecular Hbond substituents is 1. The number of aromatic hydroxyl groups is 1. The van der Waals surface area contributed by atoms with Crippen LogP contribution in [0.15, 0.2) is 69.7 Å².